The third kappa shape index (κ3) is 4.87. The first kappa shape index (κ1) is 20.1. The van der Waals surface area contributed by atoms with E-state index < -0.39 is 0 Å². The van der Waals surface area contributed by atoms with E-state index in [4.69, 9.17) is 4.74 Å². The lowest BCUT2D eigenvalue weighted by molar-refractivity contribution is -0.134. The van der Waals surface area contributed by atoms with Crippen LogP contribution in [0.3, 0.4) is 0 Å². The molecule has 0 atom stereocenters. The van der Waals surface area contributed by atoms with E-state index in [1.54, 1.807) is 42.5 Å². The van der Waals surface area contributed by atoms with Crippen molar-refractivity contribution in [1.82, 2.24) is 10.2 Å². The standard InChI is InChI=1S/C24H26N2O4/c27-21(17-6-2-1-3-7-17)16-25-23(28)20-8-4-5-9-22(20)30-19-12-14-26(15-13-19)24(29)18-10-11-18/h1-9,18-19H,10-16H2,(H,25,28). The highest BCUT2D eigenvalue weighted by molar-refractivity contribution is 6.03. The second-order valence-electron chi connectivity index (χ2n) is 7.88. The molecule has 2 aromatic rings. The van der Waals surface area contributed by atoms with Gasteiger partial charge in [-0.1, -0.05) is 42.5 Å². The van der Waals surface area contributed by atoms with Crippen LogP contribution in [-0.4, -0.2) is 48.2 Å². The number of piperidine rings is 1. The Morgan fingerprint density at radius 2 is 1.57 bits per heavy atom. The second kappa shape index (κ2) is 9.11. The van der Waals surface area contributed by atoms with Crippen molar-refractivity contribution in [2.45, 2.75) is 31.8 Å². The number of para-hydroxylation sites is 1. The minimum atomic E-state index is -0.337. The summed E-state index contributed by atoms with van der Waals surface area (Å²) in [7, 11) is 0. The third-order valence-corrected chi connectivity index (χ3v) is 5.61. The Hall–Kier alpha value is -3.15. The molecule has 30 heavy (non-hydrogen) atoms. The maximum absolute atomic E-state index is 12.7. The molecule has 1 aliphatic heterocycles. The highest BCUT2D eigenvalue weighted by Crippen LogP contribution is 2.32. The van der Waals surface area contributed by atoms with Gasteiger partial charge in [0.25, 0.3) is 5.91 Å². The number of ketones is 1. The molecule has 0 spiro atoms. The fraction of sp³-hybridized carbons (Fsp3) is 0.375. The van der Waals surface area contributed by atoms with Gasteiger partial charge in [0, 0.05) is 37.4 Å². The Labute approximate surface area is 176 Å². The van der Waals surface area contributed by atoms with E-state index in [1.807, 2.05) is 17.0 Å². The van der Waals surface area contributed by atoms with E-state index >= 15 is 0 Å². The number of likely N-dealkylation sites (tertiary alicyclic amines) is 1. The first-order chi connectivity index (χ1) is 14.6. The van der Waals surface area contributed by atoms with Crippen LogP contribution in [0.25, 0.3) is 0 Å². The molecule has 1 heterocycles. The second-order valence-corrected chi connectivity index (χ2v) is 7.88. The normalized spacial score (nSPS) is 16.7. The number of hydrogen-bond donors (Lipinski definition) is 1. The molecule has 6 heteroatoms. The zero-order valence-corrected chi connectivity index (χ0v) is 16.9. The number of benzene rings is 2. The van der Waals surface area contributed by atoms with Crippen LogP contribution in [0.2, 0.25) is 0 Å². The van der Waals surface area contributed by atoms with Gasteiger partial charge < -0.3 is 15.0 Å². The topological polar surface area (TPSA) is 75.7 Å². The van der Waals surface area contributed by atoms with Crippen molar-refractivity contribution >= 4 is 17.6 Å². The Morgan fingerprint density at radius 3 is 2.27 bits per heavy atom. The van der Waals surface area contributed by atoms with Gasteiger partial charge in [0.1, 0.15) is 11.9 Å². The van der Waals surface area contributed by atoms with Gasteiger partial charge in [0.05, 0.1) is 12.1 Å². The molecular weight excluding hydrogens is 380 g/mol. The fourth-order valence-electron chi connectivity index (χ4n) is 3.70. The van der Waals surface area contributed by atoms with Gasteiger partial charge in [0.15, 0.2) is 5.78 Å². The highest BCUT2D eigenvalue weighted by atomic mass is 16.5. The van der Waals surface area contributed by atoms with Gasteiger partial charge in [-0.2, -0.15) is 0 Å². The number of nitrogens with one attached hydrogen (secondary N) is 1. The number of carbonyl (C=O) groups excluding carboxylic acids is 3. The van der Waals surface area contributed by atoms with Crippen molar-refractivity contribution in [3.63, 3.8) is 0 Å². The minimum absolute atomic E-state index is 0.0341. The zero-order chi connectivity index (χ0) is 20.9. The lowest BCUT2D eigenvalue weighted by Gasteiger charge is -2.32. The van der Waals surface area contributed by atoms with E-state index in [0.717, 1.165) is 25.7 Å². The molecule has 1 aliphatic carbocycles. The summed E-state index contributed by atoms with van der Waals surface area (Å²) in [6.07, 6.45) is 3.50. The van der Waals surface area contributed by atoms with Crippen LogP contribution in [0.5, 0.6) is 5.75 Å². The molecule has 2 fully saturated rings. The molecule has 0 bridgehead atoms. The maximum Gasteiger partial charge on any atom is 0.255 e. The Kier molecular flexibility index (Phi) is 6.12. The van der Waals surface area contributed by atoms with Gasteiger partial charge >= 0.3 is 0 Å². The van der Waals surface area contributed by atoms with Gasteiger partial charge in [0.2, 0.25) is 5.91 Å². The zero-order valence-electron chi connectivity index (χ0n) is 16.9. The summed E-state index contributed by atoms with van der Waals surface area (Å²) in [6, 6.07) is 16.0. The summed E-state index contributed by atoms with van der Waals surface area (Å²) in [5.74, 6) is 0.544. The number of Topliss-reactive ketones (excluding diaryl/α,β-unsaturated/α-hetero) is 1. The van der Waals surface area contributed by atoms with Gasteiger partial charge in [-0.05, 0) is 25.0 Å². The quantitative estimate of drug-likeness (QED) is 0.717. The van der Waals surface area contributed by atoms with E-state index in [1.165, 1.54) is 0 Å². The largest absolute Gasteiger partial charge is 0.489 e. The molecule has 156 valence electrons. The number of rotatable bonds is 7. The smallest absolute Gasteiger partial charge is 0.255 e. The third-order valence-electron chi connectivity index (χ3n) is 5.61. The highest BCUT2D eigenvalue weighted by Gasteiger charge is 2.35. The summed E-state index contributed by atoms with van der Waals surface area (Å²) in [4.78, 5) is 39.1. The molecule has 1 N–H and O–H groups in total. The van der Waals surface area contributed by atoms with E-state index in [2.05, 4.69) is 5.32 Å². The Balaban J connectivity index is 1.32. The lowest BCUT2D eigenvalue weighted by Crippen LogP contribution is -2.42. The summed E-state index contributed by atoms with van der Waals surface area (Å²) < 4.78 is 6.12. The van der Waals surface area contributed by atoms with Crippen LogP contribution in [0, 0.1) is 5.92 Å². The summed E-state index contributed by atoms with van der Waals surface area (Å²) in [5, 5.41) is 2.69. The van der Waals surface area contributed by atoms with Crippen LogP contribution < -0.4 is 10.1 Å². The lowest BCUT2D eigenvalue weighted by atomic mass is 10.1. The average molecular weight is 406 g/mol. The van der Waals surface area contributed by atoms with Crippen LogP contribution in [0.4, 0.5) is 0 Å². The molecule has 0 radical (unpaired) electrons. The maximum atomic E-state index is 12.7. The first-order valence-electron chi connectivity index (χ1n) is 10.5. The number of hydrogen-bond acceptors (Lipinski definition) is 4. The summed E-state index contributed by atoms with van der Waals surface area (Å²) in [6.45, 7) is 1.32. The van der Waals surface area contributed by atoms with Crippen molar-refractivity contribution in [3.8, 4) is 5.75 Å². The van der Waals surface area contributed by atoms with E-state index in [-0.39, 0.29) is 36.2 Å². The minimum Gasteiger partial charge on any atom is -0.489 e. The molecule has 0 aromatic heterocycles. The predicted molar refractivity (Wildman–Crippen MR) is 113 cm³/mol. The number of carbonyl (C=O) groups is 3. The van der Waals surface area contributed by atoms with Crippen molar-refractivity contribution in [2.75, 3.05) is 19.6 Å². The molecule has 1 saturated heterocycles. The summed E-state index contributed by atoms with van der Waals surface area (Å²) >= 11 is 0. The molecule has 0 unspecified atom stereocenters. The number of amides is 2. The summed E-state index contributed by atoms with van der Waals surface area (Å²) in [5.41, 5.74) is 0.977. The monoisotopic (exact) mass is 406 g/mol. The van der Waals surface area contributed by atoms with Gasteiger partial charge in [-0.15, -0.1) is 0 Å². The van der Waals surface area contributed by atoms with Crippen LogP contribution >= 0.6 is 0 Å². The van der Waals surface area contributed by atoms with Crippen molar-refractivity contribution in [1.29, 1.82) is 0 Å². The predicted octanol–water partition coefficient (Wildman–Crippen LogP) is 3.08. The Bertz CT molecular complexity index is 916. The molecule has 1 saturated carbocycles. The van der Waals surface area contributed by atoms with Crippen LogP contribution in [-0.2, 0) is 4.79 Å². The van der Waals surface area contributed by atoms with E-state index in [9.17, 15) is 14.4 Å². The van der Waals surface area contributed by atoms with Crippen molar-refractivity contribution in [3.05, 3.63) is 65.7 Å². The van der Waals surface area contributed by atoms with Crippen molar-refractivity contribution in [2.24, 2.45) is 5.92 Å². The van der Waals surface area contributed by atoms with Crippen molar-refractivity contribution < 1.29 is 19.1 Å². The Morgan fingerprint density at radius 1 is 0.900 bits per heavy atom. The van der Waals surface area contributed by atoms with Gasteiger partial charge in [-0.25, -0.2) is 0 Å². The van der Waals surface area contributed by atoms with Crippen LogP contribution in [0.15, 0.2) is 54.6 Å². The fourth-order valence-corrected chi connectivity index (χ4v) is 3.70. The number of nitrogens with zero attached hydrogens (tertiary/aromatic N) is 1. The molecule has 2 aromatic carbocycles. The molecule has 2 amide bonds. The molecular formula is C24H26N2O4. The molecule has 4 rings (SSSR count). The number of ether oxygens (including phenoxy) is 1. The van der Waals surface area contributed by atoms with E-state index in [0.29, 0.717) is 30.0 Å². The molecule has 2 aliphatic rings. The van der Waals surface area contributed by atoms with Gasteiger partial charge in [-0.3, -0.25) is 14.4 Å². The average Bonchev–Trinajstić information content (AvgIpc) is 3.64. The van der Waals surface area contributed by atoms with Crippen LogP contribution in [0.1, 0.15) is 46.4 Å². The first-order valence-corrected chi connectivity index (χ1v) is 10.5. The molecule has 6 nitrogen and oxygen atoms in total. The SMILES string of the molecule is O=C(CNC(=O)c1ccccc1OC1CCN(C(=O)C2CC2)CC1)c1ccccc1.